The molecule has 0 bridgehead atoms. The molecule has 1 fully saturated rings. The van der Waals surface area contributed by atoms with Crippen molar-refractivity contribution in [2.24, 2.45) is 5.92 Å². The van der Waals surface area contributed by atoms with E-state index in [1.807, 2.05) is 37.1 Å². The highest BCUT2D eigenvalue weighted by molar-refractivity contribution is 9.10. The third-order valence-electron chi connectivity index (χ3n) is 3.48. The van der Waals surface area contributed by atoms with Gasteiger partial charge in [0.05, 0.1) is 0 Å². The van der Waals surface area contributed by atoms with Gasteiger partial charge in [-0.1, -0.05) is 31.9 Å². The summed E-state index contributed by atoms with van der Waals surface area (Å²) in [5.74, 6) is 0.775. The molecule has 1 aliphatic carbocycles. The van der Waals surface area contributed by atoms with Crippen LogP contribution in [0.25, 0.3) is 0 Å². The first-order valence-electron chi connectivity index (χ1n) is 6.13. The zero-order valence-corrected chi connectivity index (χ0v) is 13.8. The van der Waals surface area contributed by atoms with E-state index in [2.05, 4.69) is 31.9 Å². The predicted molar refractivity (Wildman–Crippen MR) is 81.3 cm³/mol. The molecule has 1 amide bonds. The molecular weight excluding hydrogens is 358 g/mol. The first kappa shape index (κ1) is 14.1. The van der Waals surface area contributed by atoms with E-state index in [0.29, 0.717) is 10.7 Å². The number of nitrogens with zero attached hydrogens (tertiary/aromatic N) is 1. The first-order chi connectivity index (χ1) is 8.47. The molecule has 0 spiro atoms. The molecule has 0 aromatic heterocycles. The summed E-state index contributed by atoms with van der Waals surface area (Å²) < 4.78 is 1.01. The number of alkyl halides is 1. The maximum absolute atomic E-state index is 12.3. The zero-order valence-electron chi connectivity index (χ0n) is 10.6. The molecule has 0 N–H and O–H groups in total. The van der Waals surface area contributed by atoms with Gasteiger partial charge in [-0.2, -0.15) is 0 Å². The SMILES string of the molecule is Cc1cc(Br)ccc1C(=O)N(C)CC1CC(Br)C1. The summed E-state index contributed by atoms with van der Waals surface area (Å²) in [5, 5.41) is 0. The van der Waals surface area contributed by atoms with E-state index in [-0.39, 0.29) is 5.91 Å². The summed E-state index contributed by atoms with van der Waals surface area (Å²) in [7, 11) is 1.89. The lowest BCUT2D eigenvalue weighted by Crippen LogP contribution is -2.38. The van der Waals surface area contributed by atoms with Crippen molar-refractivity contribution in [2.45, 2.75) is 24.6 Å². The number of aryl methyl sites for hydroxylation is 1. The van der Waals surface area contributed by atoms with E-state index >= 15 is 0 Å². The zero-order chi connectivity index (χ0) is 13.3. The fourth-order valence-electron chi connectivity index (χ4n) is 2.35. The van der Waals surface area contributed by atoms with Gasteiger partial charge in [-0.3, -0.25) is 4.79 Å². The number of rotatable bonds is 3. The summed E-state index contributed by atoms with van der Waals surface area (Å²) in [6.07, 6.45) is 2.36. The Morgan fingerprint density at radius 2 is 2.11 bits per heavy atom. The maximum atomic E-state index is 12.3. The first-order valence-corrected chi connectivity index (χ1v) is 7.84. The number of amides is 1. The Labute approximate surface area is 125 Å². The molecule has 0 atom stereocenters. The van der Waals surface area contributed by atoms with Gasteiger partial charge in [0, 0.05) is 28.5 Å². The van der Waals surface area contributed by atoms with Crippen molar-refractivity contribution in [3.63, 3.8) is 0 Å². The van der Waals surface area contributed by atoms with Crippen molar-refractivity contribution in [3.8, 4) is 0 Å². The number of hydrogen-bond donors (Lipinski definition) is 0. The van der Waals surface area contributed by atoms with E-state index in [1.165, 1.54) is 12.8 Å². The number of halogens is 2. The van der Waals surface area contributed by atoms with Crippen LogP contribution in [0.5, 0.6) is 0 Å². The van der Waals surface area contributed by atoms with Gasteiger partial charge in [-0.25, -0.2) is 0 Å². The molecule has 1 aromatic rings. The minimum absolute atomic E-state index is 0.123. The number of carbonyl (C=O) groups is 1. The van der Waals surface area contributed by atoms with E-state index in [9.17, 15) is 4.79 Å². The third-order valence-corrected chi connectivity index (χ3v) is 4.72. The fourth-order valence-corrected chi connectivity index (χ4v) is 3.88. The molecule has 2 rings (SSSR count). The van der Waals surface area contributed by atoms with Crippen molar-refractivity contribution in [1.82, 2.24) is 4.90 Å². The average molecular weight is 375 g/mol. The van der Waals surface area contributed by atoms with Crippen LogP contribution in [0.1, 0.15) is 28.8 Å². The molecular formula is C14H17Br2NO. The summed E-state index contributed by atoms with van der Waals surface area (Å²) in [4.78, 5) is 14.8. The number of hydrogen-bond acceptors (Lipinski definition) is 1. The van der Waals surface area contributed by atoms with E-state index in [0.717, 1.165) is 22.1 Å². The molecule has 1 aliphatic rings. The van der Waals surface area contributed by atoms with Crippen molar-refractivity contribution < 1.29 is 4.79 Å². The summed E-state index contributed by atoms with van der Waals surface area (Å²) in [6.45, 7) is 2.83. The highest BCUT2D eigenvalue weighted by Gasteiger charge is 2.29. The lowest BCUT2D eigenvalue weighted by molar-refractivity contribution is 0.0748. The van der Waals surface area contributed by atoms with Gasteiger partial charge in [0.25, 0.3) is 5.91 Å². The molecule has 0 aliphatic heterocycles. The van der Waals surface area contributed by atoms with Gasteiger partial charge in [-0.15, -0.1) is 0 Å². The summed E-state index contributed by atoms with van der Waals surface area (Å²) >= 11 is 7.00. The molecule has 4 heteroatoms. The second-order valence-electron chi connectivity index (χ2n) is 5.08. The predicted octanol–water partition coefficient (Wildman–Crippen LogP) is 4.00. The Hall–Kier alpha value is -0.350. The van der Waals surface area contributed by atoms with Crippen molar-refractivity contribution in [2.75, 3.05) is 13.6 Å². The highest BCUT2D eigenvalue weighted by atomic mass is 79.9. The van der Waals surface area contributed by atoms with Gasteiger partial charge in [0.1, 0.15) is 0 Å². The lowest BCUT2D eigenvalue weighted by Gasteiger charge is -2.34. The summed E-state index contributed by atoms with van der Waals surface area (Å²) in [6, 6.07) is 5.80. The van der Waals surface area contributed by atoms with Crippen molar-refractivity contribution in [1.29, 1.82) is 0 Å². The normalized spacial score (nSPS) is 22.4. The Bertz CT molecular complexity index is 455. The second-order valence-corrected chi connectivity index (χ2v) is 7.29. The van der Waals surface area contributed by atoms with Crippen molar-refractivity contribution >= 4 is 37.8 Å². The standard InChI is InChI=1S/C14H17Br2NO/c1-9-5-11(15)3-4-13(9)14(18)17(2)8-10-6-12(16)7-10/h3-5,10,12H,6-8H2,1-2H3. The topological polar surface area (TPSA) is 20.3 Å². The Morgan fingerprint density at radius 1 is 1.44 bits per heavy atom. The molecule has 0 heterocycles. The molecule has 0 unspecified atom stereocenters. The van der Waals surface area contributed by atoms with E-state index < -0.39 is 0 Å². The smallest absolute Gasteiger partial charge is 0.253 e. The van der Waals surface area contributed by atoms with Crippen LogP contribution >= 0.6 is 31.9 Å². The number of benzene rings is 1. The number of carbonyl (C=O) groups excluding carboxylic acids is 1. The molecule has 0 saturated heterocycles. The Morgan fingerprint density at radius 3 is 2.67 bits per heavy atom. The molecule has 18 heavy (non-hydrogen) atoms. The second kappa shape index (κ2) is 5.74. The molecule has 0 radical (unpaired) electrons. The quantitative estimate of drug-likeness (QED) is 0.732. The van der Waals surface area contributed by atoms with E-state index in [1.54, 1.807) is 0 Å². The van der Waals surface area contributed by atoms with Crippen LogP contribution in [0.4, 0.5) is 0 Å². The van der Waals surface area contributed by atoms with Gasteiger partial charge in [-0.05, 0) is 49.4 Å². The van der Waals surface area contributed by atoms with Gasteiger partial charge >= 0.3 is 0 Å². The van der Waals surface area contributed by atoms with Crippen molar-refractivity contribution in [3.05, 3.63) is 33.8 Å². The van der Waals surface area contributed by atoms with Gasteiger partial charge in [0.2, 0.25) is 0 Å². The largest absolute Gasteiger partial charge is 0.341 e. The highest BCUT2D eigenvalue weighted by Crippen LogP contribution is 2.33. The van der Waals surface area contributed by atoms with Crippen LogP contribution in [0.3, 0.4) is 0 Å². The maximum Gasteiger partial charge on any atom is 0.253 e. The average Bonchev–Trinajstić information content (AvgIpc) is 2.26. The molecule has 2 nitrogen and oxygen atoms in total. The lowest BCUT2D eigenvalue weighted by atomic mass is 9.85. The Kier molecular flexibility index (Phi) is 4.49. The van der Waals surface area contributed by atoms with Crippen LogP contribution in [-0.2, 0) is 0 Å². The van der Waals surface area contributed by atoms with Crippen LogP contribution < -0.4 is 0 Å². The fraction of sp³-hybridized carbons (Fsp3) is 0.500. The molecule has 1 saturated carbocycles. The molecule has 1 aromatic carbocycles. The van der Waals surface area contributed by atoms with Crippen LogP contribution in [-0.4, -0.2) is 29.2 Å². The van der Waals surface area contributed by atoms with Crippen LogP contribution in [0.2, 0.25) is 0 Å². The van der Waals surface area contributed by atoms with Gasteiger partial charge in [0.15, 0.2) is 0 Å². The van der Waals surface area contributed by atoms with E-state index in [4.69, 9.17) is 0 Å². The Balaban J connectivity index is 2.01. The minimum Gasteiger partial charge on any atom is -0.341 e. The third kappa shape index (κ3) is 3.15. The van der Waals surface area contributed by atoms with Crippen LogP contribution in [0, 0.1) is 12.8 Å². The monoisotopic (exact) mass is 373 g/mol. The summed E-state index contributed by atoms with van der Waals surface area (Å²) in [5.41, 5.74) is 1.82. The van der Waals surface area contributed by atoms with Crippen LogP contribution in [0.15, 0.2) is 22.7 Å². The van der Waals surface area contributed by atoms with Gasteiger partial charge < -0.3 is 4.90 Å². The minimum atomic E-state index is 0.123. The molecule has 98 valence electrons.